The fourth-order valence-electron chi connectivity index (χ4n) is 5.98. The van der Waals surface area contributed by atoms with Crippen molar-refractivity contribution in [1.82, 2.24) is 10.2 Å². The highest BCUT2D eigenvalue weighted by atomic mass is 16.1. The summed E-state index contributed by atoms with van der Waals surface area (Å²) >= 11 is 0. The van der Waals surface area contributed by atoms with Crippen LogP contribution in [0, 0.1) is 5.92 Å². The number of nitrogens with zero attached hydrogens (tertiary/aromatic N) is 1. The predicted molar refractivity (Wildman–Crippen MR) is 106 cm³/mol. The van der Waals surface area contributed by atoms with E-state index in [1.807, 2.05) is 0 Å². The zero-order chi connectivity index (χ0) is 18.1. The van der Waals surface area contributed by atoms with Crippen molar-refractivity contribution < 1.29 is 4.79 Å². The van der Waals surface area contributed by atoms with Crippen LogP contribution in [-0.4, -0.2) is 29.9 Å². The number of hydrogen-bond donors (Lipinski definition) is 1. The van der Waals surface area contributed by atoms with Crippen LogP contribution in [0.15, 0.2) is 24.3 Å². The van der Waals surface area contributed by atoms with Gasteiger partial charge in [0.05, 0.1) is 6.04 Å². The standard InChI is InChI=1S/C23H34N2O/c1-3-18-8-10-19(11-9-18)25-14-12-23(13-15-25)16-22(24-17(2)26)20-6-4-5-7-21(20)23/h4-7,18-19,22H,3,8-16H2,1-2H3,(H,24,26)/t18?,19?,22-/m0/s1. The second-order valence-electron chi connectivity index (χ2n) is 8.94. The molecule has 3 aliphatic rings. The summed E-state index contributed by atoms with van der Waals surface area (Å²) in [6.45, 7) is 6.44. The molecular formula is C23H34N2O. The minimum Gasteiger partial charge on any atom is -0.349 e. The minimum atomic E-state index is 0.0898. The molecule has 1 atom stereocenters. The summed E-state index contributed by atoms with van der Waals surface area (Å²) in [5.74, 6) is 1.06. The Morgan fingerprint density at radius 2 is 1.85 bits per heavy atom. The van der Waals surface area contributed by atoms with Crippen LogP contribution in [0.2, 0.25) is 0 Å². The maximum Gasteiger partial charge on any atom is 0.217 e. The van der Waals surface area contributed by atoms with E-state index in [-0.39, 0.29) is 17.4 Å². The molecule has 1 aromatic carbocycles. The Hall–Kier alpha value is -1.35. The highest BCUT2D eigenvalue weighted by molar-refractivity contribution is 5.73. The molecule has 1 N–H and O–H groups in total. The molecule has 3 nitrogen and oxygen atoms in total. The lowest BCUT2D eigenvalue weighted by Crippen LogP contribution is -2.47. The van der Waals surface area contributed by atoms with Gasteiger partial charge in [-0.1, -0.05) is 37.6 Å². The van der Waals surface area contributed by atoms with Crippen molar-refractivity contribution in [1.29, 1.82) is 0 Å². The number of rotatable bonds is 3. The number of amides is 1. The summed E-state index contributed by atoms with van der Waals surface area (Å²) in [6, 6.07) is 9.86. The highest BCUT2D eigenvalue weighted by Gasteiger charge is 2.46. The van der Waals surface area contributed by atoms with Gasteiger partial charge >= 0.3 is 0 Å². The molecule has 1 saturated heterocycles. The average Bonchev–Trinajstić information content (AvgIpc) is 2.95. The van der Waals surface area contributed by atoms with Crippen molar-refractivity contribution in [2.24, 2.45) is 5.92 Å². The van der Waals surface area contributed by atoms with Crippen LogP contribution in [0.1, 0.15) is 82.4 Å². The Morgan fingerprint density at radius 3 is 2.50 bits per heavy atom. The second kappa shape index (κ2) is 7.34. The zero-order valence-corrected chi connectivity index (χ0v) is 16.5. The van der Waals surface area contributed by atoms with E-state index >= 15 is 0 Å². The third-order valence-corrected chi connectivity index (χ3v) is 7.55. The van der Waals surface area contributed by atoms with Crippen LogP contribution in [0.25, 0.3) is 0 Å². The van der Waals surface area contributed by atoms with Crippen molar-refractivity contribution in [3.05, 3.63) is 35.4 Å². The fraction of sp³-hybridized carbons (Fsp3) is 0.696. The molecule has 1 spiro atoms. The van der Waals surface area contributed by atoms with Crippen LogP contribution in [-0.2, 0) is 10.2 Å². The molecule has 3 heteroatoms. The molecule has 0 aromatic heterocycles. The second-order valence-corrected chi connectivity index (χ2v) is 8.94. The van der Waals surface area contributed by atoms with Gasteiger partial charge in [0.25, 0.3) is 0 Å². The molecular weight excluding hydrogens is 320 g/mol. The number of likely N-dealkylation sites (tertiary alicyclic amines) is 1. The molecule has 1 amide bonds. The number of piperidine rings is 1. The van der Waals surface area contributed by atoms with Crippen molar-refractivity contribution in [2.75, 3.05) is 13.1 Å². The third kappa shape index (κ3) is 3.31. The fourth-order valence-corrected chi connectivity index (χ4v) is 5.98. The maximum absolute atomic E-state index is 11.7. The monoisotopic (exact) mass is 354 g/mol. The van der Waals surface area contributed by atoms with Gasteiger partial charge in [-0.05, 0) is 75.1 Å². The van der Waals surface area contributed by atoms with Gasteiger partial charge in [0.2, 0.25) is 5.91 Å². The summed E-state index contributed by atoms with van der Waals surface area (Å²) in [5.41, 5.74) is 3.15. The van der Waals surface area contributed by atoms with E-state index in [1.165, 1.54) is 69.2 Å². The van der Waals surface area contributed by atoms with Gasteiger partial charge in [0.15, 0.2) is 0 Å². The normalized spacial score (nSPS) is 30.9. The van der Waals surface area contributed by atoms with Gasteiger partial charge in [-0.3, -0.25) is 4.79 Å². The van der Waals surface area contributed by atoms with Gasteiger partial charge in [0, 0.05) is 18.4 Å². The van der Waals surface area contributed by atoms with Crippen LogP contribution in [0.4, 0.5) is 0 Å². The lowest BCUT2D eigenvalue weighted by Gasteiger charge is -2.45. The Kier molecular flexibility index (Phi) is 5.09. The van der Waals surface area contributed by atoms with E-state index in [4.69, 9.17) is 0 Å². The SMILES string of the molecule is CCC1CCC(N2CCC3(CC2)C[C@H](NC(C)=O)c2ccccc23)CC1. The first-order chi connectivity index (χ1) is 12.6. The summed E-state index contributed by atoms with van der Waals surface area (Å²) < 4.78 is 0. The molecule has 26 heavy (non-hydrogen) atoms. The molecule has 1 heterocycles. The molecule has 1 aromatic rings. The van der Waals surface area contributed by atoms with Crippen LogP contribution in [0.3, 0.4) is 0 Å². The lowest BCUT2D eigenvalue weighted by molar-refractivity contribution is -0.119. The topological polar surface area (TPSA) is 32.3 Å². The van der Waals surface area contributed by atoms with Crippen molar-refractivity contribution in [2.45, 2.75) is 82.7 Å². The molecule has 0 unspecified atom stereocenters. The molecule has 2 fully saturated rings. The first-order valence-corrected chi connectivity index (χ1v) is 10.7. The Balaban J connectivity index is 1.44. The number of hydrogen-bond acceptors (Lipinski definition) is 2. The summed E-state index contributed by atoms with van der Waals surface area (Å²) in [5, 5.41) is 3.20. The zero-order valence-electron chi connectivity index (χ0n) is 16.5. The Bertz CT molecular complexity index is 639. The average molecular weight is 355 g/mol. The minimum absolute atomic E-state index is 0.0898. The molecule has 2 aliphatic carbocycles. The van der Waals surface area contributed by atoms with E-state index in [0.29, 0.717) is 0 Å². The lowest BCUT2D eigenvalue weighted by atomic mass is 9.73. The van der Waals surface area contributed by atoms with Crippen LogP contribution < -0.4 is 5.32 Å². The van der Waals surface area contributed by atoms with Crippen molar-refractivity contribution in [3.8, 4) is 0 Å². The first-order valence-electron chi connectivity index (χ1n) is 10.7. The van der Waals surface area contributed by atoms with Crippen LogP contribution in [0.5, 0.6) is 0 Å². The molecule has 1 aliphatic heterocycles. The van der Waals surface area contributed by atoms with Crippen LogP contribution >= 0.6 is 0 Å². The van der Waals surface area contributed by atoms with Gasteiger partial charge in [-0.2, -0.15) is 0 Å². The highest BCUT2D eigenvalue weighted by Crippen LogP contribution is 2.51. The summed E-state index contributed by atoms with van der Waals surface area (Å²) in [6.07, 6.45) is 10.6. The molecule has 1 saturated carbocycles. The van der Waals surface area contributed by atoms with E-state index in [1.54, 1.807) is 6.92 Å². The third-order valence-electron chi connectivity index (χ3n) is 7.55. The smallest absolute Gasteiger partial charge is 0.217 e. The summed E-state index contributed by atoms with van der Waals surface area (Å²) in [4.78, 5) is 14.5. The van der Waals surface area contributed by atoms with Crippen molar-refractivity contribution in [3.63, 3.8) is 0 Å². The van der Waals surface area contributed by atoms with Gasteiger partial charge in [-0.15, -0.1) is 0 Å². The quantitative estimate of drug-likeness (QED) is 0.862. The number of benzene rings is 1. The molecule has 142 valence electrons. The summed E-state index contributed by atoms with van der Waals surface area (Å²) in [7, 11) is 0. The first kappa shape index (κ1) is 18.0. The number of carbonyl (C=O) groups is 1. The molecule has 0 bridgehead atoms. The van der Waals surface area contributed by atoms with E-state index in [0.717, 1.165) is 18.4 Å². The Labute approximate surface area is 158 Å². The van der Waals surface area contributed by atoms with Crippen molar-refractivity contribution >= 4 is 5.91 Å². The van der Waals surface area contributed by atoms with E-state index in [2.05, 4.69) is 41.4 Å². The number of fused-ring (bicyclic) bond motifs is 2. The van der Waals surface area contributed by atoms with E-state index < -0.39 is 0 Å². The van der Waals surface area contributed by atoms with Gasteiger partial charge < -0.3 is 10.2 Å². The number of carbonyl (C=O) groups excluding carboxylic acids is 1. The maximum atomic E-state index is 11.7. The molecule has 4 rings (SSSR count). The largest absolute Gasteiger partial charge is 0.349 e. The Morgan fingerprint density at radius 1 is 1.15 bits per heavy atom. The predicted octanol–water partition coefficient (Wildman–Crippen LogP) is 4.57. The number of nitrogens with one attached hydrogen (secondary N) is 1. The van der Waals surface area contributed by atoms with Gasteiger partial charge in [0.1, 0.15) is 0 Å². The van der Waals surface area contributed by atoms with Gasteiger partial charge in [-0.25, -0.2) is 0 Å². The molecule has 0 radical (unpaired) electrons. The van der Waals surface area contributed by atoms with E-state index in [9.17, 15) is 4.79 Å².